The molecule has 0 heteroatoms. The summed E-state index contributed by atoms with van der Waals surface area (Å²) >= 11 is 0. The highest BCUT2D eigenvalue weighted by atomic mass is 14.0. The third-order valence-corrected chi connectivity index (χ3v) is 2.49. The standard InChI is InChI=1S/C14H20/c1-3-4-8-13(2)11-12-14-9-6-5-7-10-14/h5-7,9-10H,2-4,8,11-12H2,1H3. The van der Waals surface area contributed by atoms with E-state index in [2.05, 4.69) is 43.8 Å². The first-order chi connectivity index (χ1) is 6.83. The van der Waals surface area contributed by atoms with Crippen molar-refractivity contribution >= 4 is 0 Å². The Morgan fingerprint density at radius 2 is 1.86 bits per heavy atom. The second-order valence-corrected chi connectivity index (χ2v) is 3.84. The first kappa shape index (κ1) is 11.0. The fourth-order valence-electron chi connectivity index (χ4n) is 1.52. The van der Waals surface area contributed by atoms with Crippen molar-refractivity contribution in [1.82, 2.24) is 0 Å². The normalized spacial score (nSPS) is 10.1. The van der Waals surface area contributed by atoms with E-state index in [1.807, 2.05) is 0 Å². The average molecular weight is 188 g/mol. The highest BCUT2D eigenvalue weighted by Gasteiger charge is 1.95. The predicted octanol–water partition coefficient (Wildman–Crippen LogP) is 4.37. The molecule has 0 fully saturated rings. The van der Waals surface area contributed by atoms with Crippen molar-refractivity contribution in [3.8, 4) is 0 Å². The molecule has 14 heavy (non-hydrogen) atoms. The van der Waals surface area contributed by atoms with Gasteiger partial charge in [0.1, 0.15) is 0 Å². The molecule has 0 aliphatic heterocycles. The number of hydrogen-bond donors (Lipinski definition) is 0. The Kier molecular flexibility index (Phi) is 5.06. The van der Waals surface area contributed by atoms with Crippen molar-refractivity contribution in [3.05, 3.63) is 48.0 Å². The summed E-state index contributed by atoms with van der Waals surface area (Å²) in [6, 6.07) is 10.6. The Balaban J connectivity index is 2.24. The van der Waals surface area contributed by atoms with Crippen LogP contribution < -0.4 is 0 Å². The second kappa shape index (κ2) is 6.42. The Labute approximate surface area is 87.7 Å². The molecule has 0 radical (unpaired) electrons. The van der Waals surface area contributed by atoms with E-state index in [1.54, 1.807) is 0 Å². The first-order valence-corrected chi connectivity index (χ1v) is 5.53. The molecule has 76 valence electrons. The highest BCUT2D eigenvalue weighted by Crippen LogP contribution is 2.12. The summed E-state index contributed by atoms with van der Waals surface area (Å²) in [5.41, 5.74) is 2.82. The third-order valence-electron chi connectivity index (χ3n) is 2.49. The van der Waals surface area contributed by atoms with Gasteiger partial charge in [-0.1, -0.05) is 55.8 Å². The maximum absolute atomic E-state index is 4.11. The van der Waals surface area contributed by atoms with E-state index in [0.717, 1.165) is 12.8 Å². The summed E-state index contributed by atoms with van der Waals surface area (Å²) < 4.78 is 0. The molecule has 0 saturated carbocycles. The summed E-state index contributed by atoms with van der Waals surface area (Å²) in [6.07, 6.45) is 6.04. The van der Waals surface area contributed by atoms with Gasteiger partial charge in [-0.15, -0.1) is 0 Å². The van der Waals surface area contributed by atoms with Gasteiger partial charge in [0.2, 0.25) is 0 Å². The minimum absolute atomic E-state index is 1.14. The summed E-state index contributed by atoms with van der Waals surface area (Å²) in [5, 5.41) is 0. The van der Waals surface area contributed by atoms with E-state index in [-0.39, 0.29) is 0 Å². The fourth-order valence-corrected chi connectivity index (χ4v) is 1.52. The SMILES string of the molecule is C=C(CCCC)CCc1ccccc1. The van der Waals surface area contributed by atoms with Gasteiger partial charge in [-0.05, 0) is 31.2 Å². The molecule has 0 nitrogen and oxygen atoms in total. The molecular weight excluding hydrogens is 168 g/mol. The minimum atomic E-state index is 1.14. The first-order valence-electron chi connectivity index (χ1n) is 5.53. The van der Waals surface area contributed by atoms with Crippen LogP contribution in [0.15, 0.2) is 42.5 Å². The van der Waals surface area contributed by atoms with Crippen molar-refractivity contribution in [2.45, 2.75) is 39.0 Å². The second-order valence-electron chi connectivity index (χ2n) is 3.84. The largest absolute Gasteiger partial charge is 0.0999 e. The summed E-state index contributed by atoms with van der Waals surface area (Å²) in [7, 11) is 0. The Bertz CT molecular complexity index is 259. The van der Waals surface area contributed by atoms with Crippen LogP contribution in [0.1, 0.15) is 38.2 Å². The lowest BCUT2D eigenvalue weighted by Gasteiger charge is -2.04. The molecule has 0 saturated heterocycles. The molecule has 1 rings (SSSR count). The molecule has 1 aromatic rings. The lowest BCUT2D eigenvalue weighted by Crippen LogP contribution is -1.88. The molecule has 0 aliphatic rings. The van der Waals surface area contributed by atoms with E-state index >= 15 is 0 Å². The Morgan fingerprint density at radius 3 is 2.50 bits per heavy atom. The van der Waals surface area contributed by atoms with Crippen LogP contribution in [0, 0.1) is 0 Å². The van der Waals surface area contributed by atoms with Gasteiger partial charge in [-0.25, -0.2) is 0 Å². The maximum atomic E-state index is 4.11. The highest BCUT2D eigenvalue weighted by molar-refractivity contribution is 5.16. The van der Waals surface area contributed by atoms with Crippen LogP contribution in [-0.2, 0) is 6.42 Å². The quantitative estimate of drug-likeness (QED) is 0.582. The zero-order valence-electron chi connectivity index (χ0n) is 9.13. The van der Waals surface area contributed by atoms with E-state index in [4.69, 9.17) is 0 Å². The van der Waals surface area contributed by atoms with Gasteiger partial charge in [-0.3, -0.25) is 0 Å². The van der Waals surface area contributed by atoms with Crippen LogP contribution in [0.3, 0.4) is 0 Å². The molecule has 0 heterocycles. The van der Waals surface area contributed by atoms with Crippen molar-refractivity contribution in [2.24, 2.45) is 0 Å². The van der Waals surface area contributed by atoms with E-state index in [0.29, 0.717) is 0 Å². The monoisotopic (exact) mass is 188 g/mol. The molecule has 0 spiro atoms. The lowest BCUT2D eigenvalue weighted by molar-refractivity contribution is 0.752. The van der Waals surface area contributed by atoms with E-state index in [9.17, 15) is 0 Å². The fraction of sp³-hybridized carbons (Fsp3) is 0.429. The van der Waals surface area contributed by atoms with Crippen LogP contribution in [0.5, 0.6) is 0 Å². The van der Waals surface area contributed by atoms with Crippen molar-refractivity contribution in [2.75, 3.05) is 0 Å². The number of aryl methyl sites for hydroxylation is 1. The summed E-state index contributed by atoms with van der Waals surface area (Å²) in [6.45, 7) is 6.33. The van der Waals surface area contributed by atoms with Gasteiger partial charge in [0.15, 0.2) is 0 Å². The third kappa shape index (κ3) is 4.27. The molecular formula is C14H20. The number of rotatable bonds is 6. The van der Waals surface area contributed by atoms with Gasteiger partial charge in [0.25, 0.3) is 0 Å². The smallest absolute Gasteiger partial charge is 0.0242 e. The predicted molar refractivity (Wildman–Crippen MR) is 63.4 cm³/mol. The number of allylic oxidation sites excluding steroid dienone is 1. The van der Waals surface area contributed by atoms with Crippen molar-refractivity contribution < 1.29 is 0 Å². The molecule has 1 aromatic carbocycles. The Hall–Kier alpha value is -1.04. The number of benzene rings is 1. The topological polar surface area (TPSA) is 0 Å². The van der Waals surface area contributed by atoms with Gasteiger partial charge >= 0.3 is 0 Å². The van der Waals surface area contributed by atoms with E-state index in [1.165, 1.54) is 30.4 Å². The average Bonchev–Trinajstić information content (AvgIpc) is 2.25. The van der Waals surface area contributed by atoms with Gasteiger partial charge < -0.3 is 0 Å². The molecule has 0 aromatic heterocycles. The van der Waals surface area contributed by atoms with E-state index < -0.39 is 0 Å². The van der Waals surface area contributed by atoms with Crippen LogP contribution in [-0.4, -0.2) is 0 Å². The number of unbranched alkanes of at least 4 members (excludes halogenated alkanes) is 1. The molecule has 0 atom stereocenters. The van der Waals surface area contributed by atoms with Crippen molar-refractivity contribution in [1.29, 1.82) is 0 Å². The molecule has 0 unspecified atom stereocenters. The zero-order chi connectivity index (χ0) is 10.2. The van der Waals surface area contributed by atoms with Crippen LogP contribution >= 0.6 is 0 Å². The van der Waals surface area contributed by atoms with Crippen LogP contribution in [0.25, 0.3) is 0 Å². The summed E-state index contributed by atoms with van der Waals surface area (Å²) in [5.74, 6) is 0. The molecule has 0 amide bonds. The van der Waals surface area contributed by atoms with Gasteiger partial charge in [0, 0.05) is 0 Å². The van der Waals surface area contributed by atoms with Crippen LogP contribution in [0.2, 0.25) is 0 Å². The molecule has 0 bridgehead atoms. The Morgan fingerprint density at radius 1 is 1.14 bits per heavy atom. The van der Waals surface area contributed by atoms with Gasteiger partial charge in [0.05, 0.1) is 0 Å². The molecule has 0 N–H and O–H groups in total. The zero-order valence-corrected chi connectivity index (χ0v) is 9.13. The minimum Gasteiger partial charge on any atom is -0.0999 e. The maximum Gasteiger partial charge on any atom is -0.0242 e. The van der Waals surface area contributed by atoms with Gasteiger partial charge in [-0.2, -0.15) is 0 Å². The van der Waals surface area contributed by atoms with Crippen molar-refractivity contribution in [3.63, 3.8) is 0 Å². The summed E-state index contributed by atoms with van der Waals surface area (Å²) in [4.78, 5) is 0. The van der Waals surface area contributed by atoms with Crippen LogP contribution in [0.4, 0.5) is 0 Å². The molecule has 0 aliphatic carbocycles. The number of hydrogen-bond acceptors (Lipinski definition) is 0. The lowest BCUT2D eigenvalue weighted by atomic mass is 10.0.